The molecule has 22 heteroatoms. The van der Waals surface area contributed by atoms with E-state index in [0.717, 1.165) is 135 Å². The molecule has 0 aliphatic carbocycles. The number of pyridine rings is 1. The van der Waals surface area contributed by atoms with Gasteiger partial charge in [-0.1, -0.05) is 101 Å². The molecule has 6 N–H and O–H groups in total. The molecule has 464 valence electrons. The molecule has 3 aliphatic heterocycles. The lowest BCUT2D eigenvalue weighted by atomic mass is 9.85. The first kappa shape index (κ1) is 65.0. The number of rotatable bonds is 25. The summed E-state index contributed by atoms with van der Waals surface area (Å²) in [6.07, 6.45) is 2.14. The van der Waals surface area contributed by atoms with E-state index in [2.05, 4.69) is 63.0 Å². The van der Waals surface area contributed by atoms with Crippen LogP contribution in [0.3, 0.4) is 0 Å². The van der Waals surface area contributed by atoms with Gasteiger partial charge >= 0.3 is 6.18 Å². The van der Waals surface area contributed by atoms with Gasteiger partial charge in [0.2, 0.25) is 29.2 Å². The van der Waals surface area contributed by atoms with Crippen LogP contribution in [0.2, 0.25) is 0 Å². The average molecular weight is 1210 g/mol. The minimum atomic E-state index is -4.90. The molecule has 86 heavy (non-hydrogen) atoms. The Kier molecular flexibility index (Phi) is 22.7. The van der Waals surface area contributed by atoms with E-state index in [4.69, 9.17) is 0 Å². The smallest absolute Gasteiger partial charge is 0.391 e. The van der Waals surface area contributed by atoms with Gasteiger partial charge in [-0.15, -0.1) is 11.3 Å². The van der Waals surface area contributed by atoms with E-state index >= 15 is 0 Å². The van der Waals surface area contributed by atoms with Gasteiger partial charge in [0.05, 0.1) is 44.7 Å². The number of aromatic nitrogens is 2. The first-order valence-corrected chi connectivity index (χ1v) is 31.0. The van der Waals surface area contributed by atoms with Crippen molar-refractivity contribution in [2.75, 3.05) is 89.3 Å². The van der Waals surface area contributed by atoms with Crippen LogP contribution in [0.1, 0.15) is 118 Å². The molecule has 0 saturated carbocycles. The number of halogens is 3. The molecule has 0 unspecified atom stereocenters. The zero-order chi connectivity index (χ0) is 61.5. The molecule has 5 amide bonds. The summed E-state index contributed by atoms with van der Waals surface area (Å²) in [6.45, 7) is 16.3. The van der Waals surface area contributed by atoms with Crippen LogP contribution >= 0.6 is 11.3 Å². The molecule has 3 fully saturated rings. The summed E-state index contributed by atoms with van der Waals surface area (Å²) < 4.78 is 41.9. The third-order valence-electron chi connectivity index (χ3n) is 16.5. The highest BCUT2D eigenvalue weighted by atomic mass is 32.1. The van der Waals surface area contributed by atoms with Gasteiger partial charge in [-0.05, 0) is 78.2 Å². The van der Waals surface area contributed by atoms with Crippen LogP contribution in [0, 0.1) is 12.3 Å². The van der Waals surface area contributed by atoms with Crippen molar-refractivity contribution in [3.63, 3.8) is 0 Å². The Morgan fingerprint density at radius 2 is 1.42 bits per heavy atom. The summed E-state index contributed by atoms with van der Waals surface area (Å²) >= 11 is 1.57. The van der Waals surface area contributed by atoms with Gasteiger partial charge in [0.15, 0.2) is 0 Å². The number of hydrogen-bond acceptors (Lipinski definition) is 13. The number of nitrogens with one attached hydrogen (secondary N) is 5. The third-order valence-corrected chi connectivity index (χ3v) is 17.4. The lowest BCUT2D eigenvalue weighted by Gasteiger charge is -2.35. The highest BCUT2D eigenvalue weighted by Gasteiger charge is 2.44. The minimum absolute atomic E-state index is 0.0123. The molecule has 0 radical (unpaired) electrons. The number of likely N-dealkylation sites (N-methyl/N-ethyl adjacent to an activating group) is 1. The Labute approximate surface area is 506 Å². The van der Waals surface area contributed by atoms with Crippen LogP contribution in [-0.2, 0) is 38.4 Å². The van der Waals surface area contributed by atoms with Crippen molar-refractivity contribution in [1.29, 1.82) is 0 Å². The van der Waals surface area contributed by atoms with E-state index in [1.54, 1.807) is 17.4 Å². The fourth-order valence-electron chi connectivity index (χ4n) is 11.4. The van der Waals surface area contributed by atoms with Crippen LogP contribution in [0.5, 0.6) is 0 Å². The fraction of sp³-hybridized carbons (Fsp3) is 0.516. The maximum absolute atomic E-state index is 14.1. The van der Waals surface area contributed by atoms with Gasteiger partial charge < -0.3 is 46.1 Å². The highest BCUT2D eigenvalue weighted by Crippen LogP contribution is 2.36. The second-order valence-electron chi connectivity index (χ2n) is 24.2. The second-order valence-corrected chi connectivity index (χ2v) is 25.0. The maximum Gasteiger partial charge on any atom is 0.417 e. The zero-order valence-corrected chi connectivity index (χ0v) is 51.0. The number of alkyl halides is 3. The van der Waals surface area contributed by atoms with Gasteiger partial charge in [-0.2, -0.15) is 13.2 Å². The van der Waals surface area contributed by atoms with E-state index in [-0.39, 0.29) is 49.6 Å². The monoisotopic (exact) mass is 1210 g/mol. The molecule has 3 aromatic carbocycles. The SMILES string of the molecule is Cc1ncsc1-c1ccc(CNC(=O)[C@H]2C[C@H](O)CN2C(=O)[C@@H](NC(=O)CCCCCCCCCC(=O)NCCN2CCN(Cc3cccc(-c4ccc(N5CCN(C)CC5)c(NC(=O)c5c[nH]c(=O)cc5C(F)(F)F)c4)c3)CC2)C(C)(C)C)cc1. The summed E-state index contributed by atoms with van der Waals surface area (Å²) in [7, 11) is 2.02. The minimum Gasteiger partial charge on any atom is -0.391 e. The number of aromatic amines is 1. The van der Waals surface area contributed by atoms with Crippen molar-refractivity contribution in [2.24, 2.45) is 5.41 Å². The first-order chi connectivity index (χ1) is 41.1. The molecule has 8 rings (SSSR count). The molecule has 3 saturated heterocycles. The Morgan fingerprint density at radius 3 is 2.08 bits per heavy atom. The van der Waals surface area contributed by atoms with Gasteiger partial charge in [-0.3, -0.25) is 38.6 Å². The van der Waals surface area contributed by atoms with E-state index < -0.39 is 52.4 Å². The van der Waals surface area contributed by atoms with Crippen molar-refractivity contribution in [3.8, 4) is 21.6 Å². The van der Waals surface area contributed by atoms with Gasteiger partial charge in [0, 0.05) is 117 Å². The van der Waals surface area contributed by atoms with Crippen molar-refractivity contribution in [2.45, 2.75) is 129 Å². The molecular weight excluding hydrogens is 1120 g/mol. The van der Waals surface area contributed by atoms with Crippen LogP contribution in [0.15, 0.2) is 89.3 Å². The number of aryl methyl sites for hydroxylation is 1. The number of piperazine rings is 2. The molecule has 5 aromatic rings. The van der Waals surface area contributed by atoms with Crippen molar-refractivity contribution >= 4 is 52.2 Å². The highest BCUT2D eigenvalue weighted by molar-refractivity contribution is 7.13. The van der Waals surface area contributed by atoms with E-state index in [1.807, 2.05) is 88.8 Å². The summed E-state index contributed by atoms with van der Waals surface area (Å²) in [5.41, 5.74) is 5.01. The molecule has 0 spiro atoms. The van der Waals surface area contributed by atoms with E-state index in [1.165, 1.54) is 4.90 Å². The van der Waals surface area contributed by atoms with Crippen molar-refractivity contribution < 1.29 is 42.3 Å². The normalized spacial score (nSPS) is 17.5. The Hall–Kier alpha value is -6.98. The number of benzene rings is 3. The van der Waals surface area contributed by atoms with Gasteiger partial charge in [0.1, 0.15) is 12.1 Å². The number of anilines is 2. The number of carbonyl (C=O) groups is 5. The standard InChI is InChI=1S/C64H84F3N11O7S/c1-43-58(86-42-71-43)46-20-18-44(19-21-46)38-70-61(84)54-36-49(79)41-78(54)62(85)59(63(2,3)4)73-56(81)17-12-10-8-6-7-9-11-16-55(80)68-24-25-75-28-30-76(31-29-75)40-45-14-13-15-47(34-45)48-22-23-53(77-32-26-74(5)27-33-77)52(35-48)72-60(83)50-39-69-57(82)37-51(50)64(65,66)67/h13-15,18-23,34-35,37,39,42,49,54,59,79H,6-12,16-17,24-33,36,38,40-41H2,1-5H3,(H,68,80)(H,69,82)(H,70,84)(H,72,83)(H,73,81)/t49-,54+,59+/m0/s1. The second kappa shape index (κ2) is 30.1. The number of likely N-dealkylation sites (tertiary alicyclic amines) is 1. The number of amides is 5. The fourth-order valence-corrected chi connectivity index (χ4v) is 12.2. The summed E-state index contributed by atoms with van der Waals surface area (Å²) in [5.74, 6) is -1.88. The molecule has 3 aliphatic rings. The predicted molar refractivity (Wildman–Crippen MR) is 330 cm³/mol. The Balaban J connectivity index is 0.691. The largest absolute Gasteiger partial charge is 0.417 e. The van der Waals surface area contributed by atoms with Crippen LogP contribution < -0.4 is 31.7 Å². The number of nitrogens with zero attached hydrogens (tertiary/aromatic N) is 6. The number of H-pyrrole nitrogens is 1. The molecule has 0 bridgehead atoms. The number of β-amino-alcohol motifs (C(OH)–C–C–N with tert-alkyl or cyclic N) is 1. The average Bonchev–Trinajstić information content (AvgIpc) is 3.83. The number of hydrogen-bond donors (Lipinski definition) is 6. The summed E-state index contributed by atoms with van der Waals surface area (Å²) in [5, 5.41) is 22.4. The summed E-state index contributed by atoms with van der Waals surface area (Å²) in [6, 6.07) is 20.3. The van der Waals surface area contributed by atoms with Crippen molar-refractivity contribution in [1.82, 2.24) is 45.5 Å². The molecule has 18 nitrogen and oxygen atoms in total. The third kappa shape index (κ3) is 18.3. The lowest BCUT2D eigenvalue weighted by molar-refractivity contribution is -0.144. The van der Waals surface area contributed by atoms with Crippen molar-refractivity contribution in [3.05, 3.63) is 123 Å². The lowest BCUT2D eigenvalue weighted by Crippen LogP contribution is -2.57. The van der Waals surface area contributed by atoms with Gasteiger partial charge in [0.25, 0.3) is 5.91 Å². The van der Waals surface area contributed by atoms with E-state index in [0.29, 0.717) is 49.9 Å². The summed E-state index contributed by atoms with van der Waals surface area (Å²) in [4.78, 5) is 97.0. The molecule has 5 heterocycles. The number of thiazole rings is 1. The molecular formula is C64H84F3N11O7S. The predicted octanol–water partition coefficient (Wildman–Crippen LogP) is 8.05. The number of aliphatic hydroxyl groups excluding tert-OH is 1. The van der Waals surface area contributed by atoms with Crippen LogP contribution in [0.4, 0.5) is 24.5 Å². The molecule has 3 atom stereocenters. The molecule has 2 aromatic heterocycles. The number of carbonyl (C=O) groups excluding carboxylic acids is 5. The van der Waals surface area contributed by atoms with Crippen LogP contribution in [0.25, 0.3) is 21.6 Å². The first-order valence-electron chi connectivity index (χ1n) is 30.1. The van der Waals surface area contributed by atoms with Crippen LogP contribution in [-0.4, -0.2) is 161 Å². The van der Waals surface area contributed by atoms with Gasteiger partial charge in [-0.25, -0.2) is 4.98 Å². The van der Waals surface area contributed by atoms with E-state index in [9.17, 15) is 47.0 Å². The Morgan fingerprint density at radius 1 is 0.767 bits per heavy atom. The Bertz CT molecular complexity index is 3170. The maximum atomic E-state index is 14.1. The topological polar surface area (TPSA) is 216 Å². The number of unbranched alkanes of at least 4 members (excludes halogenated alkanes) is 6. The number of aliphatic hydroxyl groups is 1. The zero-order valence-electron chi connectivity index (χ0n) is 50.2. The quantitative estimate of drug-likeness (QED) is 0.0306.